The minimum absolute atomic E-state index is 0.220. The van der Waals surface area contributed by atoms with Crippen LogP contribution < -0.4 is 0 Å². The van der Waals surface area contributed by atoms with Gasteiger partial charge in [0, 0.05) is 22.5 Å². The van der Waals surface area contributed by atoms with Gasteiger partial charge in [-0.15, -0.1) is 0 Å². The molecule has 1 N–H and O–H groups in total. The van der Waals surface area contributed by atoms with Gasteiger partial charge < -0.3 is 5.11 Å². The van der Waals surface area contributed by atoms with Crippen molar-refractivity contribution in [1.82, 2.24) is 4.98 Å². The van der Waals surface area contributed by atoms with Crippen molar-refractivity contribution in [1.29, 1.82) is 0 Å². The van der Waals surface area contributed by atoms with Gasteiger partial charge in [-0.25, -0.2) is 4.79 Å². The highest BCUT2D eigenvalue weighted by Crippen LogP contribution is 2.20. The van der Waals surface area contributed by atoms with E-state index in [-0.39, 0.29) is 5.56 Å². The zero-order valence-corrected chi connectivity index (χ0v) is 11.8. The first-order valence-corrected chi connectivity index (χ1v) is 6.88. The van der Waals surface area contributed by atoms with Gasteiger partial charge in [0.05, 0.1) is 11.1 Å². The van der Waals surface area contributed by atoms with Crippen LogP contribution in [0.1, 0.15) is 21.6 Å². The molecule has 0 aliphatic rings. The zero-order valence-electron chi connectivity index (χ0n) is 11.1. The number of carboxylic acid groups (broad SMARTS) is 1. The number of nitrogens with zero attached hydrogens (tertiary/aromatic N) is 1. The van der Waals surface area contributed by atoms with Crippen LogP contribution >= 0.6 is 11.6 Å². The number of para-hydroxylation sites is 1. The lowest BCUT2D eigenvalue weighted by molar-refractivity contribution is 0.0696. The number of carbonyl (C=O) groups is 1. The maximum Gasteiger partial charge on any atom is 0.336 e. The summed E-state index contributed by atoms with van der Waals surface area (Å²) in [5.41, 5.74) is 2.66. The predicted octanol–water partition coefficient (Wildman–Crippen LogP) is 4.18. The van der Waals surface area contributed by atoms with Crippen LogP contribution in [0.4, 0.5) is 0 Å². The monoisotopic (exact) mass is 297 g/mol. The van der Waals surface area contributed by atoms with Crippen LogP contribution in [0.5, 0.6) is 0 Å². The third kappa shape index (κ3) is 2.88. The summed E-state index contributed by atoms with van der Waals surface area (Å²) in [5.74, 6) is -0.978. The van der Waals surface area contributed by atoms with Gasteiger partial charge in [0.25, 0.3) is 0 Å². The number of benzene rings is 2. The van der Waals surface area contributed by atoms with Crippen LogP contribution in [-0.2, 0) is 6.42 Å². The number of aromatic carboxylic acids is 1. The zero-order chi connectivity index (χ0) is 14.8. The highest BCUT2D eigenvalue weighted by molar-refractivity contribution is 6.31. The van der Waals surface area contributed by atoms with Crippen molar-refractivity contribution in [3.05, 3.63) is 76.4 Å². The smallest absolute Gasteiger partial charge is 0.336 e. The molecule has 0 spiro atoms. The van der Waals surface area contributed by atoms with Gasteiger partial charge in [0.1, 0.15) is 0 Å². The van der Waals surface area contributed by atoms with Gasteiger partial charge in [-0.1, -0.05) is 41.9 Å². The Morgan fingerprint density at radius 1 is 1.10 bits per heavy atom. The van der Waals surface area contributed by atoms with E-state index in [1.807, 2.05) is 36.4 Å². The lowest BCUT2D eigenvalue weighted by Gasteiger charge is -2.07. The summed E-state index contributed by atoms with van der Waals surface area (Å²) >= 11 is 5.86. The van der Waals surface area contributed by atoms with E-state index in [1.54, 1.807) is 12.1 Å². The number of aromatic nitrogens is 1. The Bertz CT molecular complexity index is 830. The molecule has 0 saturated heterocycles. The van der Waals surface area contributed by atoms with E-state index in [2.05, 4.69) is 4.98 Å². The first kappa shape index (κ1) is 13.6. The summed E-state index contributed by atoms with van der Waals surface area (Å²) in [6, 6.07) is 16.7. The Hall–Kier alpha value is -2.39. The highest BCUT2D eigenvalue weighted by Gasteiger charge is 2.12. The van der Waals surface area contributed by atoms with Crippen LogP contribution in [0.2, 0.25) is 5.02 Å². The molecule has 1 aromatic heterocycles. The number of carboxylic acids is 1. The summed E-state index contributed by atoms with van der Waals surface area (Å²) < 4.78 is 0. The molecular weight excluding hydrogens is 286 g/mol. The van der Waals surface area contributed by atoms with Crippen LogP contribution in [-0.4, -0.2) is 16.1 Å². The Morgan fingerprint density at radius 3 is 2.71 bits per heavy atom. The minimum atomic E-state index is -0.978. The van der Waals surface area contributed by atoms with Gasteiger partial charge in [-0.3, -0.25) is 4.98 Å². The molecule has 0 aliphatic carbocycles. The molecule has 0 amide bonds. The Morgan fingerprint density at radius 2 is 1.90 bits per heavy atom. The molecule has 0 radical (unpaired) electrons. The van der Waals surface area contributed by atoms with Crippen molar-refractivity contribution in [2.24, 2.45) is 0 Å². The van der Waals surface area contributed by atoms with Crippen molar-refractivity contribution >= 4 is 28.5 Å². The van der Waals surface area contributed by atoms with Crippen LogP contribution in [0, 0.1) is 0 Å². The van der Waals surface area contributed by atoms with Gasteiger partial charge in [0.15, 0.2) is 0 Å². The molecule has 0 fully saturated rings. The minimum Gasteiger partial charge on any atom is -0.478 e. The van der Waals surface area contributed by atoms with E-state index in [0.29, 0.717) is 17.0 Å². The lowest BCUT2D eigenvalue weighted by Crippen LogP contribution is -2.04. The Labute approximate surface area is 126 Å². The fraction of sp³-hybridized carbons (Fsp3) is 0.0588. The summed E-state index contributed by atoms with van der Waals surface area (Å²) in [6.07, 6.45) is 0.462. The van der Waals surface area contributed by atoms with E-state index >= 15 is 0 Å². The van der Waals surface area contributed by atoms with Crippen molar-refractivity contribution in [2.75, 3.05) is 0 Å². The van der Waals surface area contributed by atoms with E-state index in [0.717, 1.165) is 16.6 Å². The molecule has 3 aromatic rings. The van der Waals surface area contributed by atoms with Gasteiger partial charge in [0.2, 0.25) is 0 Å². The first-order chi connectivity index (χ1) is 10.1. The number of pyridine rings is 1. The third-order valence-corrected chi connectivity index (χ3v) is 3.57. The molecule has 21 heavy (non-hydrogen) atoms. The average molecular weight is 298 g/mol. The van der Waals surface area contributed by atoms with Crippen LogP contribution in [0.15, 0.2) is 54.6 Å². The van der Waals surface area contributed by atoms with E-state index in [1.165, 1.54) is 6.07 Å². The molecule has 1 heterocycles. The molecule has 0 atom stereocenters. The molecule has 4 heteroatoms. The molecule has 0 aliphatic heterocycles. The number of halogens is 1. The number of hydrogen-bond acceptors (Lipinski definition) is 2. The molecule has 0 bridgehead atoms. The lowest BCUT2D eigenvalue weighted by atomic mass is 10.0. The maximum atomic E-state index is 11.3. The Balaban J connectivity index is 2.00. The second-order valence-electron chi connectivity index (χ2n) is 4.78. The van der Waals surface area contributed by atoms with Crippen LogP contribution in [0.25, 0.3) is 10.9 Å². The fourth-order valence-electron chi connectivity index (χ4n) is 2.30. The van der Waals surface area contributed by atoms with Gasteiger partial charge in [-0.2, -0.15) is 0 Å². The first-order valence-electron chi connectivity index (χ1n) is 6.50. The summed E-state index contributed by atoms with van der Waals surface area (Å²) in [4.78, 5) is 15.9. The molecule has 104 valence electrons. The standard InChI is InChI=1S/C17H12ClNO2/c18-13-7-5-12(15(10-13)17(20)21)9-14-8-6-11-3-1-2-4-16(11)19-14/h1-8,10H,9H2,(H,20,21). The van der Waals surface area contributed by atoms with E-state index < -0.39 is 5.97 Å². The van der Waals surface area contributed by atoms with Crippen molar-refractivity contribution in [3.63, 3.8) is 0 Å². The molecule has 2 aromatic carbocycles. The average Bonchev–Trinajstić information content (AvgIpc) is 2.49. The number of hydrogen-bond donors (Lipinski definition) is 1. The second-order valence-corrected chi connectivity index (χ2v) is 5.22. The van der Waals surface area contributed by atoms with Crippen molar-refractivity contribution < 1.29 is 9.90 Å². The number of fused-ring (bicyclic) bond motifs is 1. The molecule has 0 unspecified atom stereocenters. The molecule has 0 saturated carbocycles. The summed E-state index contributed by atoms with van der Waals surface area (Å²) in [7, 11) is 0. The number of rotatable bonds is 3. The maximum absolute atomic E-state index is 11.3. The van der Waals surface area contributed by atoms with Gasteiger partial charge in [-0.05, 0) is 29.8 Å². The van der Waals surface area contributed by atoms with E-state index in [4.69, 9.17) is 11.6 Å². The molecule has 3 nitrogen and oxygen atoms in total. The van der Waals surface area contributed by atoms with E-state index in [9.17, 15) is 9.90 Å². The highest BCUT2D eigenvalue weighted by atomic mass is 35.5. The van der Waals surface area contributed by atoms with Crippen molar-refractivity contribution in [2.45, 2.75) is 6.42 Å². The second kappa shape index (κ2) is 5.54. The normalized spacial score (nSPS) is 10.7. The van der Waals surface area contributed by atoms with Gasteiger partial charge >= 0.3 is 5.97 Å². The largest absolute Gasteiger partial charge is 0.478 e. The third-order valence-electron chi connectivity index (χ3n) is 3.33. The summed E-state index contributed by atoms with van der Waals surface area (Å²) in [6.45, 7) is 0. The quantitative estimate of drug-likeness (QED) is 0.789. The van der Waals surface area contributed by atoms with Crippen molar-refractivity contribution in [3.8, 4) is 0 Å². The van der Waals surface area contributed by atoms with Crippen LogP contribution in [0.3, 0.4) is 0 Å². The topological polar surface area (TPSA) is 50.2 Å². The molecular formula is C17H12ClNO2. The predicted molar refractivity (Wildman–Crippen MR) is 83.0 cm³/mol. The fourth-order valence-corrected chi connectivity index (χ4v) is 2.48. The Kier molecular flexibility index (Phi) is 3.59. The SMILES string of the molecule is O=C(O)c1cc(Cl)ccc1Cc1ccc2ccccc2n1. The molecule has 3 rings (SSSR count). The summed E-state index contributed by atoms with van der Waals surface area (Å²) in [5, 5.41) is 10.7.